The van der Waals surface area contributed by atoms with E-state index in [1.165, 1.54) is 11.2 Å². The molecule has 84 valence electrons. The van der Waals surface area contributed by atoms with E-state index in [1.807, 2.05) is 0 Å². The summed E-state index contributed by atoms with van der Waals surface area (Å²) in [4.78, 5) is 25.2. The second kappa shape index (κ2) is 4.26. The second-order valence-electron chi connectivity index (χ2n) is 3.71. The van der Waals surface area contributed by atoms with Gasteiger partial charge in [0.1, 0.15) is 0 Å². The molecule has 1 aliphatic heterocycles. The maximum Gasteiger partial charge on any atom is 0.337 e. The van der Waals surface area contributed by atoms with Gasteiger partial charge in [0.2, 0.25) is 0 Å². The lowest BCUT2D eigenvalue weighted by Crippen LogP contribution is -2.16. The highest BCUT2D eigenvalue weighted by Gasteiger charge is 2.26. The molecule has 1 saturated heterocycles. The van der Waals surface area contributed by atoms with E-state index in [1.54, 1.807) is 12.3 Å². The third-order valence-electron chi connectivity index (χ3n) is 2.72. The standard InChI is InChI=1S/C10H11N3O3/c14-10(15)8-4-7(5-11-6-8)9-2-1-3-13(9)12-16/h4-6,9H,1-3H2,(H,14,15)/t9-/m1/s1. The zero-order valence-corrected chi connectivity index (χ0v) is 8.54. The molecular weight excluding hydrogens is 210 g/mol. The molecular formula is C10H11N3O3. The minimum atomic E-state index is -1.02. The van der Waals surface area contributed by atoms with Gasteiger partial charge in [-0.25, -0.2) is 4.79 Å². The molecule has 0 saturated carbocycles. The number of carboxylic acids is 1. The van der Waals surface area contributed by atoms with Gasteiger partial charge >= 0.3 is 5.97 Å². The van der Waals surface area contributed by atoms with Crippen LogP contribution in [-0.4, -0.2) is 27.6 Å². The van der Waals surface area contributed by atoms with Crippen LogP contribution in [0.15, 0.2) is 23.7 Å². The Morgan fingerprint density at radius 2 is 2.38 bits per heavy atom. The molecule has 1 N–H and O–H groups in total. The van der Waals surface area contributed by atoms with Crippen molar-refractivity contribution in [2.75, 3.05) is 6.54 Å². The third-order valence-corrected chi connectivity index (χ3v) is 2.72. The lowest BCUT2D eigenvalue weighted by atomic mass is 10.1. The van der Waals surface area contributed by atoms with E-state index in [9.17, 15) is 9.70 Å². The highest BCUT2D eigenvalue weighted by Crippen LogP contribution is 2.31. The highest BCUT2D eigenvalue weighted by molar-refractivity contribution is 5.87. The van der Waals surface area contributed by atoms with E-state index >= 15 is 0 Å². The Bertz CT molecular complexity index is 422. The molecule has 0 aliphatic carbocycles. The summed E-state index contributed by atoms with van der Waals surface area (Å²) in [5.41, 5.74) is 0.868. The van der Waals surface area contributed by atoms with E-state index < -0.39 is 5.97 Å². The number of hydrogen-bond donors (Lipinski definition) is 1. The fraction of sp³-hybridized carbons (Fsp3) is 0.400. The number of pyridine rings is 1. The largest absolute Gasteiger partial charge is 0.478 e. The predicted molar refractivity (Wildman–Crippen MR) is 55.7 cm³/mol. The topological polar surface area (TPSA) is 82.9 Å². The van der Waals surface area contributed by atoms with Gasteiger partial charge in [-0.1, -0.05) is 0 Å². The molecule has 6 heteroatoms. The fourth-order valence-corrected chi connectivity index (χ4v) is 1.94. The average molecular weight is 221 g/mol. The molecule has 0 bridgehead atoms. The van der Waals surface area contributed by atoms with E-state index in [0.717, 1.165) is 18.4 Å². The van der Waals surface area contributed by atoms with Crippen molar-refractivity contribution in [3.05, 3.63) is 34.5 Å². The number of nitrogens with zero attached hydrogens (tertiary/aromatic N) is 3. The SMILES string of the molecule is O=NN1CCC[C@@H]1c1cncc(C(=O)O)c1. The summed E-state index contributed by atoms with van der Waals surface area (Å²) in [6.07, 6.45) is 4.56. The smallest absolute Gasteiger partial charge is 0.337 e. The summed E-state index contributed by atoms with van der Waals surface area (Å²) in [6.45, 7) is 0.617. The number of carbonyl (C=O) groups is 1. The van der Waals surface area contributed by atoms with Gasteiger partial charge in [0.05, 0.1) is 16.9 Å². The highest BCUT2D eigenvalue weighted by atomic mass is 16.4. The van der Waals surface area contributed by atoms with Crippen LogP contribution in [0.4, 0.5) is 0 Å². The minimum Gasteiger partial charge on any atom is -0.478 e. The van der Waals surface area contributed by atoms with Crippen LogP contribution in [0.2, 0.25) is 0 Å². The van der Waals surface area contributed by atoms with Gasteiger partial charge < -0.3 is 5.11 Å². The maximum absolute atomic E-state index is 10.8. The molecule has 0 spiro atoms. The molecule has 1 aliphatic rings. The Morgan fingerprint density at radius 1 is 1.56 bits per heavy atom. The zero-order valence-electron chi connectivity index (χ0n) is 8.54. The lowest BCUT2D eigenvalue weighted by molar-refractivity contribution is 0.0696. The number of rotatable bonds is 3. The van der Waals surface area contributed by atoms with Gasteiger partial charge in [0.15, 0.2) is 0 Å². The Kier molecular flexibility index (Phi) is 2.80. The van der Waals surface area contributed by atoms with Crippen molar-refractivity contribution in [1.82, 2.24) is 9.99 Å². The van der Waals surface area contributed by atoms with Crippen molar-refractivity contribution in [1.29, 1.82) is 0 Å². The molecule has 2 rings (SSSR count). The number of nitroso groups, excluding NO2 is 1. The summed E-state index contributed by atoms with van der Waals surface area (Å²) in [6, 6.07) is 1.41. The first-order valence-corrected chi connectivity index (χ1v) is 5.00. The summed E-state index contributed by atoms with van der Waals surface area (Å²) in [5.74, 6) is -1.02. The van der Waals surface area contributed by atoms with Crippen molar-refractivity contribution >= 4 is 5.97 Å². The van der Waals surface area contributed by atoms with Gasteiger partial charge in [0, 0.05) is 18.9 Å². The minimum absolute atomic E-state index is 0.134. The van der Waals surface area contributed by atoms with Crippen molar-refractivity contribution in [3.8, 4) is 0 Å². The molecule has 6 nitrogen and oxygen atoms in total. The van der Waals surface area contributed by atoms with Crippen LogP contribution in [-0.2, 0) is 0 Å². The molecule has 0 aromatic carbocycles. The van der Waals surface area contributed by atoms with Crippen LogP contribution in [0, 0.1) is 4.91 Å². The average Bonchev–Trinajstić information content (AvgIpc) is 2.77. The maximum atomic E-state index is 10.8. The van der Waals surface area contributed by atoms with Gasteiger partial charge in [-0.2, -0.15) is 0 Å². The normalized spacial score (nSPS) is 19.8. The molecule has 1 aromatic heterocycles. The number of hydrogen-bond acceptors (Lipinski definition) is 4. The van der Waals surface area contributed by atoms with Gasteiger partial charge in [0.25, 0.3) is 0 Å². The number of carboxylic acid groups (broad SMARTS) is 1. The van der Waals surface area contributed by atoms with E-state index in [2.05, 4.69) is 10.3 Å². The molecule has 16 heavy (non-hydrogen) atoms. The van der Waals surface area contributed by atoms with Crippen LogP contribution in [0.25, 0.3) is 0 Å². The first kappa shape index (κ1) is 10.5. The zero-order chi connectivity index (χ0) is 11.5. The van der Waals surface area contributed by atoms with Crippen molar-refractivity contribution in [2.45, 2.75) is 18.9 Å². The Labute approximate surface area is 91.9 Å². The summed E-state index contributed by atoms with van der Waals surface area (Å²) in [7, 11) is 0. The quantitative estimate of drug-likeness (QED) is 0.784. The molecule has 1 fully saturated rings. The Balaban J connectivity index is 2.29. The molecule has 1 atom stereocenters. The molecule has 2 heterocycles. The predicted octanol–water partition coefficient (Wildman–Crippen LogP) is 1.60. The van der Waals surface area contributed by atoms with Crippen molar-refractivity contribution in [2.24, 2.45) is 5.29 Å². The first-order valence-electron chi connectivity index (χ1n) is 5.00. The second-order valence-corrected chi connectivity index (χ2v) is 3.71. The van der Waals surface area contributed by atoms with Crippen LogP contribution >= 0.6 is 0 Å². The van der Waals surface area contributed by atoms with Gasteiger partial charge in [-0.05, 0) is 24.5 Å². The summed E-state index contributed by atoms with van der Waals surface area (Å²) in [5, 5.41) is 13.2. The molecule has 1 aromatic rings. The third kappa shape index (κ3) is 1.86. The van der Waals surface area contributed by atoms with Crippen LogP contribution in [0.1, 0.15) is 34.8 Å². The number of aromatic nitrogens is 1. The monoisotopic (exact) mass is 221 g/mol. The molecule has 0 radical (unpaired) electrons. The summed E-state index contributed by atoms with van der Waals surface area (Å²) < 4.78 is 0. The lowest BCUT2D eigenvalue weighted by Gasteiger charge is -2.17. The van der Waals surface area contributed by atoms with Gasteiger partial charge in [-0.3, -0.25) is 9.99 Å². The summed E-state index contributed by atoms with van der Waals surface area (Å²) >= 11 is 0. The molecule has 0 unspecified atom stereocenters. The van der Waals surface area contributed by atoms with Crippen molar-refractivity contribution in [3.63, 3.8) is 0 Å². The number of aromatic carboxylic acids is 1. The van der Waals surface area contributed by atoms with E-state index in [4.69, 9.17) is 5.11 Å². The van der Waals surface area contributed by atoms with Crippen LogP contribution < -0.4 is 0 Å². The Hall–Kier alpha value is -1.98. The van der Waals surface area contributed by atoms with Crippen molar-refractivity contribution < 1.29 is 9.90 Å². The van der Waals surface area contributed by atoms with E-state index in [0.29, 0.717) is 6.54 Å². The van der Waals surface area contributed by atoms with Crippen LogP contribution in [0.3, 0.4) is 0 Å². The van der Waals surface area contributed by atoms with E-state index in [-0.39, 0.29) is 11.6 Å². The Morgan fingerprint density at radius 3 is 3.06 bits per heavy atom. The molecule has 0 amide bonds. The first-order chi connectivity index (χ1) is 7.72. The fourth-order valence-electron chi connectivity index (χ4n) is 1.94. The van der Waals surface area contributed by atoms with Crippen LogP contribution in [0.5, 0.6) is 0 Å². The van der Waals surface area contributed by atoms with Gasteiger partial charge in [-0.15, -0.1) is 4.91 Å².